The van der Waals surface area contributed by atoms with E-state index in [-0.39, 0.29) is 16.7 Å². The molecule has 6 heteroatoms. The Labute approximate surface area is 190 Å². The second-order valence-corrected chi connectivity index (χ2v) is 44.3. The van der Waals surface area contributed by atoms with Crippen LogP contribution in [0.5, 0.6) is 0 Å². The van der Waals surface area contributed by atoms with E-state index in [9.17, 15) is 0 Å². The van der Waals surface area contributed by atoms with Crippen molar-refractivity contribution in [3.05, 3.63) is 35.9 Å². The van der Waals surface area contributed by atoms with Crippen molar-refractivity contribution in [1.82, 2.24) is 0 Å². The zero-order valence-electron chi connectivity index (χ0n) is 21.6. The van der Waals surface area contributed by atoms with Crippen molar-refractivity contribution in [2.24, 2.45) is 11.3 Å². The van der Waals surface area contributed by atoms with E-state index in [0.717, 1.165) is 0 Å². The molecule has 0 spiro atoms. The second kappa shape index (κ2) is 7.25. The lowest BCUT2D eigenvalue weighted by Gasteiger charge is -2.75. The van der Waals surface area contributed by atoms with Crippen LogP contribution in [-0.4, -0.2) is 42.2 Å². The van der Waals surface area contributed by atoms with E-state index in [0.29, 0.717) is 11.8 Å². The second-order valence-electron chi connectivity index (χ2n) is 13.8. The molecule has 1 saturated carbocycles. The van der Waals surface area contributed by atoms with Gasteiger partial charge in [0.05, 0.1) is 26.5 Å². The molecular formula is C24H46O2Si4. The summed E-state index contributed by atoms with van der Waals surface area (Å²) in [6, 6.07) is 11.1. The van der Waals surface area contributed by atoms with Crippen LogP contribution in [0.15, 0.2) is 30.3 Å². The fraction of sp³-hybridized carbons (Fsp3) is 0.750. The molecule has 2 fully saturated rings. The minimum Gasteiger partial charge on any atom is -0.414 e. The molecule has 3 rings (SSSR count). The molecule has 1 aromatic rings. The van der Waals surface area contributed by atoms with Gasteiger partial charge in [-0.15, -0.1) is 0 Å². The van der Waals surface area contributed by atoms with Gasteiger partial charge in [0.2, 0.25) is 7.35 Å². The van der Waals surface area contributed by atoms with Crippen molar-refractivity contribution in [3.8, 4) is 0 Å². The molecule has 0 amide bonds. The largest absolute Gasteiger partial charge is 0.414 e. The highest BCUT2D eigenvalue weighted by atomic mass is 29.7. The standard InChI is InChI=1S/C24H46O2Si4/c1-23(2,3)24(26-27(4,5)6)22(21-18-20(21)19-16-14-13-15-17-19)25-30(24,28(7,8)9)29(10,11)12/h13-17,20-22H,18H2,1-12H3/t20-,21+,22-,24?/m0/s1. The van der Waals surface area contributed by atoms with E-state index in [1.54, 1.807) is 0 Å². The lowest BCUT2D eigenvalue weighted by Crippen LogP contribution is -2.98. The van der Waals surface area contributed by atoms with E-state index < -0.39 is 30.9 Å². The molecule has 1 aliphatic heterocycles. The van der Waals surface area contributed by atoms with Crippen LogP contribution >= 0.6 is 0 Å². The molecule has 0 bridgehead atoms. The van der Waals surface area contributed by atoms with E-state index in [1.165, 1.54) is 12.0 Å². The van der Waals surface area contributed by atoms with E-state index in [4.69, 9.17) is 8.85 Å². The quantitative estimate of drug-likeness (QED) is 0.404. The first-order valence-electron chi connectivity index (χ1n) is 11.8. The molecule has 1 aromatic carbocycles. The predicted octanol–water partition coefficient (Wildman–Crippen LogP) is 7.14. The van der Waals surface area contributed by atoms with Crippen molar-refractivity contribution in [3.63, 3.8) is 0 Å². The van der Waals surface area contributed by atoms with Gasteiger partial charge in [0, 0.05) is 0 Å². The van der Waals surface area contributed by atoms with Gasteiger partial charge in [-0.2, -0.15) is 0 Å². The van der Waals surface area contributed by atoms with Crippen LogP contribution in [0.3, 0.4) is 0 Å². The molecule has 2 nitrogen and oxygen atoms in total. The number of benzene rings is 1. The van der Waals surface area contributed by atoms with E-state index in [2.05, 4.69) is 110 Å². The molecule has 0 radical (unpaired) electrons. The van der Waals surface area contributed by atoms with Gasteiger partial charge in [0.25, 0.3) is 0 Å². The Hall–Kier alpha value is 0.00753. The van der Waals surface area contributed by atoms with Crippen LogP contribution < -0.4 is 0 Å². The Bertz CT molecular complexity index is 754. The Morgan fingerprint density at radius 1 is 0.900 bits per heavy atom. The minimum atomic E-state index is -2.10. The summed E-state index contributed by atoms with van der Waals surface area (Å²) in [6.07, 6.45) is 1.52. The van der Waals surface area contributed by atoms with Gasteiger partial charge in [-0.3, -0.25) is 0 Å². The Balaban J connectivity index is 2.16. The molecular weight excluding hydrogens is 433 g/mol. The number of hydrogen-bond donors (Lipinski definition) is 0. The highest BCUT2D eigenvalue weighted by molar-refractivity contribution is 7.68. The molecule has 1 unspecified atom stereocenters. The Kier molecular flexibility index (Phi) is 5.96. The third-order valence-electron chi connectivity index (χ3n) is 7.38. The third kappa shape index (κ3) is 3.63. The number of hydrogen-bond acceptors (Lipinski definition) is 2. The molecule has 2 aliphatic rings. The fourth-order valence-corrected chi connectivity index (χ4v) is 57.9. The fourth-order valence-electron chi connectivity index (χ4n) is 6.84. The summed E-state index contributed by atoms with van der Waals surface area (Å²) in [5, 5.41) is -0.0619. The van der Waals surface area contributed by atoms with Gasteiger partial charge in [0.15, 0.2) is 8.32 Å². The zero-order valence-corrected chi connectivity index (χ0v) is 25.6. The SMILES string of the molecule is CC(C)(C)C1(O[Si](C)(C)C)[C@H]([C@@H]2C[C@H]2c2ccccc2)O[Si]1([Si](C)(C)C)[Si](C)(C)C. The van der Waals surface area contributed by atoms with Crippen LogP contribution in [0, 0.1) is 11.3 Å². The van der Waals surface area contributed by atoms with E-state index >= 15 is 0 Å². The summed E-state index contributed by atoms with van der Waals surface area (Å²) >= 11 is 0. The average Bonchev–Trinajstić information content (AvgIpc) is 3.28. The van der Waals surface area contributed by atoms with Crippen molar-refractivity contribution >= 4 is 30.9 Å². The molecule has 1 heterocycles. The summed E-state index contributed by atoms with van der Waals surface area (Å²) in [4.78, 5) is 0. The summed E-state index contributed by atoms with van der Waals surface area (Å²) in [6.45, 7) is 30.1. The molecule has 30 heavy (non-hydrogen) atoms. The monoisotopic (exact) mass is 478 g/mol. The lowest BCUT2D eigenvalue weighted by molar-refractivity contribution is -0.138. The molecule has 0 aromatic heterocycles. The molecule has 0 N–H and O–H groups in total. The van der Waals surface area contributed by atoms with Gasteiger partial charge < -0.3 is 8.85 Å². The summed E-state index contributed by atoms with van der Waals surface area (Å²) in [5.74, 6) is 1.25. The third-order valence-corrected chi connectivity index (χ3v) is 44.6. The first-order chi connectivity index (χ1) is 13.4. The molecule has 170 valence electrons. The summed E-state index contributed by atoms with van der Waals surface area (Å²) < 4.78 is 15.0. The molecule has 1 saturated heterocycles. The van der Waals surface area contributed by atoms with Crippen molar-refractivity contribution in [1.29, 1.82) is 0 Å². The maximum Gasteiger partial charge on any atom is 0.202 e. The maximum atomic E-state index is 7.54. The highest BCUT2D eigenvalue weighted by Gasteiger charge is 2.84. The molecule has 1 aliphatic carbocycles. The molecule has 4 atom stereocenters. The lowest BCUT2D eigenvalue weighted by atomic mass is 9.82. The Morgan fingerprint density at radius 2 is 1.40 bits per heavy atom. The average molecular weight is 479 g/mol. The van der Waals surface area contributed by atoms with Gasteiger partial charge in [-0.25, -0.2) is 0 Å². The van der Waals surface area contributed by atoms with Crippen molar-refractivity contribution < 1.29 is 8.85 Å². The number of rotatable bonds is 6. The minimum absolute atomic E-state index is 0.0619. The highest BCUT2D eigenvalue weighted by Crippen LogP contribution is 2.67. The summed E-state index contributed by atoms with van der Waals surface area (Å²) in [7, 11) is -7.06. The first-order valence-corrected chi connectivity index (χ1v) is 26.1. The van der Waals surface area contributed by atoms with Gasteiger partial charge in [-0.05, 0) is 48.9 Å². The maximum absolute atomic E-state index is 7.54. The normalized spacial score (nSPS) is 31.9. The predicted molar refractivity (Wildman–Crippen MR) is 141 cm³/mol. The smallest absolute Gasteiger partial charge is 0.202 e. The van der Waals surface area contributed by atoms with Gasteiger partial charge >= 0.3 is 0 Å². The van der Waals surface area contributed by atoms with Crippen molar-refractivity contribution in [2.45, 2.75) is 103 Å². The first kappa shape index (κ1) is 24.6. The van der Waals surface area contributed by atoms with Gasteiger partial charge in [-0.1, -0.05) is 90.4 Å². The Morgan fingerprint density at radius 3 is 1.80 bits per heavy atom. The summed E-state index contributed by atoms with van der Waals surface area (Å²) in [5.41, 5.74) is 1.58. The van der Waals surface area contributed by atoms with Crippen LogP contribution in [-0.2, 0) is 8.85 Å². The van der Waals surface area contributed by atoms with Crippen molar-refractivity contribution in [2.75, 3.05) is 0 Å². The topological polar surface area (TPSA) is 18.5 Å². The van der Waals surface area contributed by atoms with Gasteiger partial charge in [0.1, 0.15) is 0 Å². The van der Waals surface area contributed by atoms with Crippen LogP contribution in [0.4, 0.5) is 0 Å². The van der Waals surface area contributed by atoms with E-state index in [1.807, 2.05) is 0 Å². The van der Waals surface area contributed by atoms with Crippen LogP contribution in [0.25, 0.3) is 0 Å². The van der Waals surface area contributed by atoms with Crippen LogP contribution in [0.2, 0.25) is 58.9 Å². The van der Waals surface area contributed by atoms with Crippen LogP contribution in [0.1, 0.15) is 38.7 Å². The zero-order chi connectivity index (χ0) is 23.0.